The van der Waals surface area contributed by atoms with E-state index in [1.807, 2.05) is 12.1 Å². The Balaban J connectivity index is 2.19. The lowest BCUT2D eigenvalue weighted by Crippen LogP contribution is -2.24. The van der Waals surface area contributed by atoms with Gasteiger partial charge >= 0.3 is 0 Å². The van der Waals surface area contributed by atoms with Crippen molar-refractivity contribution < 1.29 is 0 Å². The molecule has 0 aromatic heterocycles. The second-order valence-corrected chi connectivity index (χ2v) is 5.76. The molecule has 1 fully saturated rings. The lowest BCUT2D eigenvalue weighted by atomic mass is 10.0. The fourth-order valence-electron chi connectivity index (χ4n) is 2.01. The maximum Gasteiger partial charge on any atom is 0.0454 e. The van der Waals surface area contributed by atoms with Gasteiger partial charge in [-0.3, -0.25) is 0 Å². The minimum absolute atomic E-state index is 0.435. The Labute approximate surface area is 111 Å². The monoisotopic (exact) mass is 301 g/mol. The van der Waals surface area contributed by atoms with Gasteiger partial charge in [0.2, 0.25) is 0 Å². The Morgan fingerprint density at radius 2 is 2.25 bits per heavy atom. The van der Waals surface area contributed by atoms with Crippen LogP contribution in [0.3, 0.4) is 0 Å². The van der Waals surface area contributed by atoms with Crippen LogP contribution in [-0.4, -0.2) is 6.54 Å². The molecule has 1 aliphatic rings. The Hall–Kier alpha value is -0.0500. The van der Waals surface area contributed by atoms with Gasteiger partial charge < -0.3 is 5.32 Å². The predicted molar refractivity (Wildman–Crippen MR) is 72.9 cm³/mol. The maximum absolute atomic E-state index is 6.28. The van der Waals surface area contributed by atoms with Gasteiger partial charge in [-0.2, -0.15) is 0 Å². The first-order chi connectivity index (χ1) is 7.72. The van der Waals surface area contributed by atoms with Gasteiger partial charge in [0.1, 0.15) is 0 Å². The highest BCUT2D eigenvalue weighted by atomic mass is 79.9. The normalized spacial score (nSPS) is 17.4. The highest BCUT2D eigenvalue weighted by Gasteiger charge is 2.32. The van der Waals surface area contributed by atoms with Crippen molar-refractivity contribution in [1.29, 1.82) is 0 Å². The van der Waals surface area contributed by atoms with E-state index in [0.717, 1.165) is 28.4 Å². The van der Waals surface area contributed by atoms with E-state index in [1.54, 1.807) is 0 Å². The van der Waals surface area contributed by atoms with Gasteiger partial charge in [0.15, 0.2) is 0 Å². The zero-order chi connectivity index (χ0) is 11.5. The summed E-state index contributed by atoms with van der Waals surface area (Å²) in [6.07, 6.45) is 3.81. The Morgan fingerprint density at radius 3 is 2.88 bits per heavy atom. The molecule has 1 atom stereocenters. The van der Waals surface area contributed by atoms with Gasteiger partial charge in [-0.1, -0.05) is 34.5 Å². The summed E-state index contributed by atoms with van der Waals surface area (Å²) in [5.41, 5.74) is 1.24. The summed E-state index contributed by atoms with van der Waals surface area (Å²) in [4.78, 5) is 0. The number of nitrogens with one attached hydrogen (secondary N) is 1. The maximum atomic E-state index is 6.28. The summed E-state index contributed by atoms with van der Waals surface area (Å²) in [6, 6.07) is 6.55. The van der Waals surface area contributed by atoms with Gasteiger partial charge in [0.25, 0.3) is 0 Å². The first-order valence-corrected chi connectivity index (χ1v) is 7.07. The molecule has 1 nitrogen and oxygen atoms in total. The minimum atomic E-state index is 0.435. The second-order valence-electron chi connectivity index (χ2n) is 4.44. The molecule has 2 rings (SSSR count). The number of benzene rings is 1. The van der Waals surface area contributed by atoms with Gasteiger partial charge in [0.05, 0.1) is 0 Å². The summed E-state index contributed by atoms with van der Waals surface area (Å²) in [5, 5.41) is 4.49. The van der Waals surface area contributed by atoms with Gasteiger partial charge in [-0.05, 0) is 55.5 Å². The molecule has 1 aromatic carbocycles. The molecule has 1 saturated carbocycles. The van der Waals surface area contributed by atoms with Crippen LogP contribution in [-0.2, 0) is 0 Å². The first kappa shape index (κ1) is 12.4. The molecule has 0 heterocycles. The fourth-order valence-corrected chi connectivity index (χ4v) is 2.63. The molecule has 0 spiro atoms. The molecule has 0 bridgehead atoms. The Kier molecular flexibility index (Phi) is 4.28. The van der Waals surface area contributed by atoms with Crippen LogP contribution in [0.2, 0.25) is 5.02 Å². The zero-order valence-electron chi connectivity index (χ0n) is 9.47. The van der Waals surface area contributed by atoms with Crippen molar-refractivity contribution in [2.24, 2.45) is 5.92 Å². The SMILES string of the molecule is CCCNC(c1cc(Br)ccc1Cl)C1CC1. The van der Waals surface area contributed by atoms with Gasteiger partial charge in [-0.15, -0.1) is 0 Å². The van der Waals surface area contributed by atoms with E-state index in [4.69, 9.17) is 11.6 Å². The van der Waals surface area contributed by atoms with Crippen LogP contribution >= 0.6 is 27.5 Å². The van der Waals surface area contributed by atoms with Crippen LogP contribution in [0, 0.1) is 5.92 Å². The lowest BCUT2D eigenvalue weighted by Gasteiger charge is -2.20. The molecular weight excluding hydrogens is 286 g/mol. The van der Waals surface area contributed by atoms with Crippen molar-refractivity contribution in [3.63, 3.8) is 0 Å². The zero-order valence-corrected chi connectivity index (χ0v) is 11.8. The molecule has 1 N–H and O–H groups in total. The highest BCUT2D eigenvalue weighted by molar-refractivity contribution is 9.10. The molecule has 1 unspecified atom stereocenters. The van der Waals surface area contributed by atoms with Crippen LogP contribution in [0.15, 0.2) is 22.7 Å². The fraction of sp³-hybridized carbons (Fsp3) is 0.538. The van der Waals surface area contributed by atoms with Crippen LogP contribution in [0.25, 0.3) is 0 Å². The molecule has 0 amide bonds. The van der Waals surface area contributed by atoms with Crippen LogP contribution in [0.1, 0.15) is 37.8 Å². The van der Waals surface area contributed by atoms with E-state index in [-0.39, 0.29) is 0 Å². The number of hydrogen-bond donors (Lipinski definition) is 1. The van der Waals surface area contributed by atoms with Gasteiger partial charge in [-0.25, -0.2) is 0 Å². The predicted octanol–water partition coefficient (Wildman–Crippen LogP) is 4.55. The van der Waals surface area contributed by atoms with Crippen molar-refractivity contribution >= 4 is 27.5 Å². The lowest BCUT2D eigenvalue weighted by molar-refractivity contribution is 0.481. The number of halogens is 2. The smallest absolute Gasteiger partial charge is 0.0454 e. The molecule has 16 heavy (non-hydrogen) atoms. The van der Waals surface area contributed by atoms with Gasteiger partial charge in [0, 0.05) is 15.5 Å². The Bertz CT molecular complexity index is 363. The van der Waals surface area contributed by atoms with Crippen molar-refractivity contribution in [3.8, 4) is 0 Å². The molecule has 0 radical (unpaired) electrons. The third kappa shape index (κ3) is 2.99. The van der Waals surface area contributed by atoms with Crippen LogP contribution < -0.4 is 5.32 Å². The van der Waals surface area contributed by atoms with E-state index in [9.17, 15) is 0 Å². The van der Waals surface area contributed by atoms with E-state index >= 15 is 0 Å². The molecule has 0 aliphatic heterocycles. The summed E-state index contributed by atoms with van der Waals surface area (Å²) < 4.78 is 1.11. The highest BCUT2D eigenvalue weighted by Crippen LogP contribution is 2.43. The first-order valence-electron chi connectivity index (χ1n) is 5.90. The summed E-state index contributed by atoms with van der Waals surface area (Å²) >= 11 is 9.80. The van der Waals surface area contributed by atoms with E-state index in [2.05, 4.69) is 34.2 Å². The molecular formula is C13H17BrClN. The summed E-state index contributed by atoms with van der Waals surface area (Å²) in [6.45, 7) is 3.25. The summed E-state index contributed by atoms with van der Waals surface area (Å²) in [5.74, 6) is 0.776. The largest absolute Gasteiger partial charge is 0.310 e. The van der Waals surface area contributed by atoms with Crippen molar-refractivity contribution in [2.45, 2.75) is 32.2 Å². The molecule has 88 valence electrons. The third-order valence-corrected chi connectivity index (χ3v) is 3.84. The number of rotatable bonds is 5. The van der Waals surface area contributed by atoms with Crippen LogP contribution in [0.5, 0.6) is 0 Å². The quantitative estimate of drug-likeness (QED) is 0.841. The minimum Gasteiger partial charge on any atom is -0.310 e. The van der Waals surface area contributed by atoms with E-state index in [1.165, 1.54) is 18.4 Å². The summed E-state index contributed by atoms with van der Waals surface area (Å²) in [7, 11) is 0. The molecule has 1 aromatic rings. The Morgan fingerprint density at radius 1 is 1.50 bits per heavy atom. The van der Waals surface area contributed by atoms with Crippen molar-refractivity contribution in [1.82, 2.24) is 5.32 Å². The topological polar surface area (TPSA) is 12.0 Å². The standard InChI is InChI=1S/C13H17BrClN/c1-2-7-16-13(9-3-4-9)11-8-10(14)5-6-12(11)15/h5-6,8-9,13,16H,2-4,7H2,1H3. The van der Waals surface area contributed by atoms with Crippen molar-refractivity contribution in [3.05, 3.63) is 33.3 Å². The second kappa shape index (κ2) is 5.52. The average Bonchev–Trinajstić information content (AvgIpc) is 3.08. The van der Waals surface area contributed by atoms with E-state index in [0.29, 0.717) is 6.04 Å². The van der Waals surface area contributed by atoms with Crippen LogP contribution in [0.4, 0.5) is 0 Å². The molecule has 0 saturated heterocycles. The molecule has 1 aliphatic carbocycles. The average molecular weight is 303 g/mol. The third-order valence-electron chi connectivity index (χ3n) is 3.00. The van der Waals surface area contributed by atoms with E-state index < -0.39 is 0 Å². The number of hydrogen-bond acceptors (Lipinski definition) is 1. The van der Waals surface area contributed by atoms with Crippen molar-refractivity contribution in [2.75, 3.05) is 6.54 Å². The molecule has 3 heteroatoms.